The molecule has 0 heterocycles. The molecule has 0 spiro atoms. The van der Waals surface area contributed by atoms with E-state index in [0.29, 0.717) is 19.3 Å². The van der Waals surface area contributed by atoms with Crippen molar-refractivity contribution in [3.63, 3.8) is 0 Å². The summed E-state index contributed by atoms with van der Waals surface area (Å²) >= 11 is 0. The van der Waals surface area contributed by atoms with Gasteiger partial charge in [-0.05, 0) is 108 Å². The average molecular weight is 609 g/mol. The molecule has 0 amide bonds. The molecular weight excluding hydrogens is 560 g/mol. The Balaban J connectivity index is 1.63. The number of carbonyl (C=O) groups is 4. The molecule has 0 aliphatic heterocycles. The lowest BCUT2D eigenvalue weighted by atomic mass is 9.79. The fraction of sp³-hybridized carbons (Fsp3) is 0.611. The molecule has 0 saturated carbocycles. The highest BCUT2D eigenvalue weighted by molar-refractivity contribution is 6.26. The molecule has 4 aliphatic carbocycles. The second kappa shape index (κ2) is 17.2. The minimum Gasteiger partial charge on any atom is -0.464 e. The van der Waals surface area contributed by atoms with Crippen molar-refractivity contribution in [1.29, 1.82) is 0 Å². The van der Waals surface area contributed by atoms with Crippen LogP contribution in [0.2, 0.25) is 0 Å². The van der Waals surface area contributed by atoms with Crippen LogP contribution in [0.15, 0.2) is 60.3 Å². The van der Waals surface area contributed by atoms with E-state index in [0.717, 1.165) is 57.8 Å². The largest absolute Gasteiger partial charge is 0.464 e. The minimum atomic E-state index is -2.75. The quantitative estimate of drug-likeness (QED) is 0.0766. The van der Waals surface area contributed by atoms with Crippen LogP contribution >= 0.6 is 0 Å². The van der Waals surface area contributed by atoms with Gasteiger partial charge in [0.05, 0.1) is 32.0 Å². The lowest BCUT2D eigenvalue weighted by molar-refractivity contribution is -0.184. The monoisotopic (exact) mass is 608 g/mol. The maximum atomic E-state index is 14.2. The van der Waals surface area contributed by atoms with E-state index in [1.807, 2.05) is 18.2 Å². The van der Waals surface area contributed by atoms with Crippen LogP contribution in [-0.4, -0.2) is 50.3 Å². The van der Waals surface area contributed by atoms with E-state index >= 15 is 0 Å². The number of rotatable bonds is 13. The Morgan fingerprint density at radius 3 is 1.14 bits per heavy atom. The van der Waals surface area contributed by atoms with Crippen molar-refractivity contribution in [2.45, 2.75) is 84.0 Å². The van der Waals surface area contributed by atoms with Crippen LogP contribution in [0.3, 0.4) is 0 Å². The van der Waals surface area contributed by atoms with Crippen molar-refractivity contribution in [3.05, 3.63) is 60.3 Å². The molecule has 0 fully saturated rings. The summed E-state index contributed by atoms with van der Waals surface area (Å²) in [5, 5.41) is 0. The second-order valence-corrected chi connectivity index (χ2v) is 12.4. The van der Waals surface area contributed by atoms with Crippen molar-refractivity contribution in [2.24, 2.45) is 29.1 Å². The van der Waals surface area contributed by atoms with Crippen LogP contribution in [0.25, 0.3) is 0 Å². The summed E-state index contributed by atoms with van der Waals surface area (Å²) in [4.78, 5) is 56.3. The van der Waals surface area contributed by atoms with Gasteiger partial charge in [0, 0.05) is 0 Å². The first kappa shape index (κ1) is 33.5. The van der Waals surface area contributed by atoms with Gasteiger partial charge in [-0.2, -0.15) is 0 Å². The highest BCUT2D eigenvalue weighted by Gasteiger charge is 2.63. The predicted molar refractivity (Wildman–Crippen MR) is 166 cm³/mol. The lowest BCUT2D eigenvalue weighted by Gasteiger charge is -2.31. The Bertz CT molecular complexity index is 1060. The zero-order valence-corrected chi connectivity index (χ0v) is 26.1. The third-order valence-electron chi connectivity index (χ3n) is 9.14. The zero-order valence-electron chi connectivity index (χ0n) is 26.1. The summed E-state index contributed by atoms with van der Waals surface area (Å²) in [7, 11) is 0. The summed E-state index contributed by atoms with van der Waals surface area (Å²) in [6.07, 6.45) is 27.4. The Kier molecular flexibility index (Phi) is 13.1. The van der Waals surface area contributed by atoms with Gasteiger partial charge in [-0.1, -0.05) is 54.7 Å². The predicted octanol–water partition coefficient (Wildman–Crippen LogP) is 6.52. The molecule has 0 radical (unpaired) electrons. The van der Waals surface area contributed by atoms with E-state index < -0.39 is 34.9 Å². The smallest absolute Gasteiger partial charge is 0.340 e. The first-order valence-corrected chi connectivity index (χ1v) is 16.4. The number of hydrogen-bond donors (Lipinski definition) is 0. The number of esters is 4. The number of allylic oxidation sites excluding steroid dienone is 9. The molecule has 0 N–H and O–H groups in total. The lowest BCUT2D eigenvalue weighted by Crippen LogP contribution is -2.53. The van der Waals surface area contributed by atoms with Crippen LogP contribution in [0.5, 0.6) is 0 Å². The third kappa shape index (κ3) is 8.82. The Hall–Kier alpha value is -3.42. The highest BCUT2D eigenvalue weighted by Crippen LogP contribution is 2.37. The van der Waals surface area contributed by atoms with E-state index in [1.54, 1.807) is 0 Å². The van der Waals surface area contributed by atoms with Crippen molar-refractivity contribution in [3.8, 4) is 0 Å². The van der Waals surface area contributed by atoms with Crippen LogP contribution in [-0.2, 0) is 38.1 Å². The Labute approximate surface area is 261 Å². The van der Waals surface area contributed by atoms with Crippen molar-refractivity contribution in [1.82, 2.24) is 0 Å². The van der Waals surface area contributed by atoms with Gasteiger partial charge in [0.25, 0.3) is 5.41 Å². The van der Waals surface area contributed by atoms with Gasteiger partial charge in [0.15, 0.2) is 0 Å². The minimum absolute atomic E-state index is 0.00672. The van der Waals surface area contributed by atoms with Crippen molar-refractivity contribution in [2.75, 3.05) is 26.4 Å². The zero-order chi connectivity index (χ0) is 31.2. The van der Waals surface area contributed by atoms with Crippen LogP contribution in [0.1, 0.15) is 84.0 Å². The van der Waals surface area contributed by atoms with E-state index in [4.69, 9.17) is 18.9 Å². The molecular formula is C36H48O8. The SMILES string of the molecule is CC=C(C(=O)OCC1CC=CCC1)C(C(=O)OCC1CC=CCC1)(C(=O)OCC1CC=CCC1)C(=O)OCC1CC=CCC1. The van der Waals surface area contributed by atoms with Gasteiger partial charge in [-0.3, -0.25) is 0 Å². The number of carbonyl (C=O) groups excluding carboxylic acids is 4. The highest BCUT2D eigenvalue weighted by atomic mass is 16.6. The Morgan fingerprint density at radius 2 is 0.864 bits per heavy atom. The fourth-order valence-corrected chi connectivity index (χ4v) is 6.27. The molecule has 4 atom stereocenters. The molecule has 240 valence electrons. The van der Waals surface area contributed by atoms with Gasteiger partial charge in [0.2, 0.25) is 0 Å². The standard InChI is InChI=1S/C36H48O8/c1-2-31(32(37)41-23-27-15-7-3-8-16-27)36(33(38)42-24-28-17-9-4-10-18-28,34(39)43-25-29-19-11-5-12-20-29)35(40)44-26-30-21-13-6-14-22-30/h2-7,9,11,13,27-30H,8,10,12,14-26H2,1H3. The third-order valence-corrected chi connectivity index (χ3v) is 9.14. The maximum Gasteiger partial charge on any atom is 0.340 e. The van der Waals surface area contributed by atoms with E-state index in [2.05, 4.69) is 30.4 Å². The number of hydrogen-bond acceptors (Lipinski definition) is 8. The maximum absolute atomic E-state index is 14.2. The molecule has 0 bridgehead atoms. The van der Waals surface area contributed by atoms with E-state index in [1.165, 1.54) is 13.0 Å². The van der Waals surface area contributed by atoms with Crippen molar-refractivity contribution < 1.29 is 38.1 Å². The van der Waals surface area contributed by atoms with Gasteiger partial charge in [-0.25, -0.2) is 19.2 Å². The summed E-state index contributed by atoms with van der Waals surface area (Å²) in [5.74, 6) is -4.15. The first-order valence-electron chi connectivity index (χ1n) is 16.4. The fourth-order valence-electron chi connectivity index (χ4n) is 6.27. The molecule has 4 aliphatic rings. The summed E-state index contributed by atoms with van der Waals surface area (Å²) in [6.45, 7) is 1.63. The van der Waals surface area contributed by atoms with Crippen LogP contribution in [0.4, 0.5) is 0 Å². The van der Waals surface area contributed by atoms with Gasteiger partial charge >= 0.3 is 23.9 Å². The van der Waals surface area contributed by atoms with Gasteiger partial charge in [-0.15, -0.1) is 0 Å². The summed E-state index contributed by atoms with van der Waals surface area (Å²) < 4.78 is 22.9. The molecule has 44 heavy (non-hydrogen) atoms. The molecule has 8 heteroatoms. The molecule has 0 aromatic carbocycles. The molecule has 4 unspecified atom stereocenters. The molecule has 0 aromatic heterocycles. The molecule has 0 saturated heterocycles. The Morgan fingerprint density at radius 1 is 0.545 bits per heavy atom. The van der Waals surface area contributed by atoms with E-state index in [9.17, 15) is 19.2 Å². The average Bonchev–Trinajstić information content (AvgIpc) is 3.08. The van der Waals surface area contributed by atoms with Crippen LogP contribution < -0.4 is 0 Å². The van der Waals surface area contributed by atoms with Gasteiger partial charge in [0.1, 0.15) is 0 Å². The summed E-state index contributed by atoms with van der Waals surface area (Å²) in [6, 6.07) is 0. The van der Waals surface area contributed by atoms with E-state index in [-0.39, 0.29) is 50.1 Å². The normalized spacial score (nSPS) is 26.3. The topological polar surface area (TPSA) is 105 Å². The van der Waals surface area contributed by atoms with Gasteiger partial charge < -0.3 is 18.9 Å². The molecule has 8 nitrogen and oxygen atoms in total. The first-order chi connectivity index (χ1) is 21.4. The second-order valence-electron chi connectivity index (χ2n) is 12.4. The van der Waals surface area contributed by atoms with Crippen molar-refractivity contribution >= 4 is 23.9 Å². The van der Waals surface area contributed by atoms with Crippen LogP contribution in [0, 0.1) is 29.1 Å². The summed E-state index contributed by atoms with van der Waals surface area (Å²) in [5.41, 5.74) is -3.17. The number of ether oxygens (including phenoxy) is 4. The molecule has 0 aromatic rings. The molecule has 4 rings (SSSR count).